The molecule has 0 spiro atoms. The molecule has 0 saturated carbocycles. The molecule has 2 rings (SSSR count). The molecule has 1 saturated heterocycles. The number of hydrogen-bond donors (Lipinski definition) is 3. The zero-order valence-corrected chi connectivity index (χ0v) is 16.6. The largest absolute Gasteiger partial charge is 0.491 e. The van der Waals surface area contributed by atoms with Crippen LogP contribution in [-0.4, -0.2) is 43.4 Å². The van der Waals surface area contributed by atoms with Gasteiger partial charge in [-0.15, -0.1) is 12.4 Å². The highest BCUT2D eigenvalue weighted by molar-refractivity contribution is 5.85. The first-order chi connectivity index (χ1) is 12.8. The lowest BCUT2D eigenvalue weighted by Gasteiger charge is -2.28. The second-order valence-corrected chi connectivity index (χ2v) is 7.08. The molecule has 1 aliphatic heterocycles. The zero-order chi connectivity index (χ0) is 19.9. The number of aliphatic hydroxyl groups is 1. The van der Waals surface area contributed by atoms with Gasteiger partial charge in [-0.3, -0.25) is 4.79 Å². The number of carbonyl (C=O) groups is 1. The number of carbonyl (C=O) groups excluding carboxylic acids is 1. The molecule has 3 unspecified atom stereocenters. The Bertz CT molecular complexity index is 610. The Morgan fingerprint density at radius 3 is 2.82 bits per heavy atom. The number of nitrogens with one attached hydrogen (secondary N) is 2. The minimum Gasteiger partial charge on any atom is -0.491 e. The first-order valence-electron chi connectivity index (χ1n) is 9.21. The summed E-state index contributed by atoms with van der Waals surface area (Å²) in [6.07, 6.45) is -2.85. The van der Waals surface area contributed by atoms with E-state index >= 15 is 0 Å². The van der Waals surface area contributed by atoms with E-state index < -0.39 is 17.8 Å². The van der Waals surface area contributed by atoms with Crippen molar-refractivity contribution in [2.45, 2.75) is 38.5 Å². The Hall–Kier alpha value is -1.51. The molecule has 0 bridgehead atoms. The highest BCUT2D eigenvalue weighted by Crippen LogP contribution is 2.31. The quantitative estimate of drug-likeness (QED) is 0.600. The second kappa shape index (κ2) is 11.5. The molecule has 5 nitrogen and oxygen atoms in total. The number of halogens is 4. The average molecular weight is 425 g/mol. The number of ether oxygens (including phenoxy) is 1. The fourth-order valence-electron chi connectivity index (χ4n) is 3.14. The van der Waals surface area contributed by atoms with Crippen molar-refractivity contribution in [3.05, 3.63) is 29.8 Å². The van der Waals surface area contributed by atoms with Crippen LogP contribution in [0.1, 0.15) is 31.7 Å². The Kier molecular flexibility index (Phi) is 10.1. The molecular formula is C19H28ClF3N2O3. The molecule has 1 fully saturated rings. The number of hydrogen-bond acceptors (Lipinski definition) is 4. The van der Waals surface area contributed by atoms with Crippen LogP contribution in [0.2, 0.25) is 0 Å². The van der Waals surface area contributed by atoms with Crippen LogP contribution in [0.25, 0.3) is 0 Å². The van der Waals surface area contributed by atoms with E-state index in [9.17, 15) is 23.1 Å². The molecule has 3 atom stereocenters. The predicted octanol–water partition coefficient (Wildman–Crippen LogP) is 3.01. The first-order valence-corrected chi connectivity index (χ1v) is 9.21. The Morgan fingerprint density at radius 1 is 1.43 bits per heavy atom. The molecule has 1 aromatic rings. The molecule has 160 valence electrons. The number of benzene rings is 1. The van der Waals surface area contributed by atoms with Gasteiger partial charge in [-0.1, -0.05) is 13.0 Å². The molecular weight excluding hydrogens is 397 g/mol. The van der Waals surface area contributed by atoms with Crippen LogP contribution < -0.4 is 15.4 Å². The number of amides is 1. The van der Waals surface area contributed by atoms with E-state index in [2.05, 4.69) is 10.6 Å². The van der Waals surface area contributed by atoms with Crippen molar-refractivity contribution in [1.29, 1.82) is 0 Å². The summed E-state index contributed by atoms with van der Waals surface area (Å²) in [4.78, 5) is 12.0. The topological polar surface area (TPSA) is 70.6 Å². The van der Waals surface area contributed by atoms with Crippen molar-refractivity contribution in [2.24, 2.45) is 11.8 Å². The standard InChI is InChI=1S/C19H27F3N2O3.ClH/c1-13(14-4-3-7-23-10-14)8-18(26)24-11-16(25)12-27-17-6-2-5-15(9-17)19(20,21)22;/h2,5-6,9,13-14,16,23,25H,3-4,7-8,10-12H2,1H3,(H,24,26);1H. The van der Waals surface area contributed by atoms with Crippen molar-refractivity contribution < 1.29 is 27.8 Å². The summed E-state index contributed by atoms with van der Waals surface area (Å²) in [6, 6.07) is 4.46. The Balaban J connectivity index is 0.00000392. The van der Waals surface area contributed by atoms with Crippen molar-refractivity contribution in [3.8, 4) is 5.75 Å². The fourth-order valence-corrected chi connectivity index (χ4v) is 3.14. The van der Waals surface area contributed by atoms with Gasteiger partial charge in [0.2, 0.25) is 5.91 Å². The van der Waals surface area contributed by atoms with Gasteiger partial charge in [-0.25, -0.2) is 0 Å². The fraction of sp³-hybridized carbons (Fsp3) is 0.632. The summed E-state index contributed by atoms with van der Waals surface area (Å²) in [5, 5.41) is 15.9. The lowest BCUT2D eigenvalue weighted by atomic mass is 9.85. The van der Waals surface area contributed by atoms with Gasteiger partial charge < -0.3 is 20.5 Å². The second-order valence-electron chi connectivity index (χ2n) is 7.08. The highest BCUT2D eigenvalue weighted by Gasteiger charge is 2.30. The van der Waals surface area contributed by atoms with E-state index in [0.717, 1.165) is 38.1 Å². The molecule has 0 aliphatic carbocycles. The van der Waals surface area contributed by atoms with Gasteiger partial charge in [0.15, 0.2) is 0 Å². The van der Waals surface area contributed by atoms with Gasteiger partial charge >= 0.3 is 6.18 Å². The summed E-state index contributed by atoms with van der Waals surface area (Å²) in [5.41, 5.74) is -0.811. The monoisotopic (exact) mass is 424 g/mol. The van der Waals surface area contributed by atoms with Gasteiger partial charge in [0, 0.05) is 13.0 Å². The summed E-state index contributed by atoms with van der Waals surface area (Å²) < 4.78 is 43.2. The van der Waals surface area contributed by atoms with E-state index in [1.165, 1.54) is 12.1 Å². The first kappa shape index (κ1) is 24.5. The number of piperidine rings is 1. The van der Waals surface area contributed by atoms with Gasteiger partial charge in [-0.05, 0) is 56.0 Å². The minimum absolute atomic E-state index is 0. The lowest BCUT2D eigenvalue weighted by Crippen LogP contribution is -2.38. The van der Waals surface area contributed by atoms with Crippen molar-refractivity contribution in [1.82, 2.24) is 10.6 Å². The van der Waals surface area contributed by atoms with Crippen LogP contribution in [0.15, 0.2) is 24.3 Å². The number of alkyl halides is 3. The average Bonchev–Trinajstić information content (AvgIpc) is 2.65. The molecule has 1 heterocycles. The van der Waals surface area contributed by atoms with Gasteiger partial charge in [0.25, 0.3) is 0 Å². The van der Waals surface area contributed by atoms with Crippen LogP contribution in [0.3, 0.4) is 0 Å². The maximum absolute atomic E-state index is 12.7. The highest BCUT2D eigenvalue weighted by atomic mass is 35.5. The third kappa shape index (κ3) is 8.24. The zero-order valence-electron chi connectivity index (χ0n) is 15.8. The van der Waals surface area contributed by atoms with E-state index in [0.29, 0.717) is 12.3 Å². The smallest absolute Gasteiger partial charge is 0.416 e. The van der Waals surface area contributed by atoms with Crippen LogP contribution >= 0.6 is 12.4 Å². The summed E-state index contributed by atoms with van der Waals surface area (Å²) in [6.45, 7) is 3.77. The molecule has 3 N–H and O–H groups in total. The molecule has 1 aromatic carbocycles. The van der Waals surface area contributed by atoms with Crippen LogP contribution in [0, 0.1) is 11.8 Å². The molecule has 1 amide bonds. The molecule has 0 radical (unpaired) electrons. The van der Waals surface area contributed by atoms with Crippen LogP contribution in [-0.2, 0) is 11.0 Å². The van der Waals surface area contributed by atoms with E-state index in [4.69, 9.17) is 4.74 Å². The van der Waals surface area contributed by atoms with E-state index in [-0.39, 0.29) is 43.1 Å². The Labute approximate surface area is 169 Å². The molecule has 9 heteroatoms. The SMILES string of the molecule is CC(CC(=O)NCC(O)COc1cccc(C(F)(F)F)c1)C1CCCNC1.Cl. The van der Waals surface area contributed by atoms with Crippen molar-refractivity contribution in [2.75, 3.05) is 26.2 Å². The third-order valence-electron chi connectivity index (χ3n) is 4.79. The van der Waals surface area contributed by atoms with Crippen molar-refractivity contribution >= 4 is 18.3 Å². The molecule has 0 aromatic heterocycles. The predicted molar refractivity (Wildman–Crippen MR) is 103 cm³/mol. The number of rotatable bonds is 8. The summed E-state index contributed by atoms with van der Waals surface area (Å²) >= 11 is 0. The maximum Gasteiger partial charge on any atom is 0.416 e. The van der Waals surface area contributed by atoms with E-state index in [1.807, 2.05) is 6.92 Å². The normalized spacial score (nSPS) is 19.2. The lowest BCUT2D eigenvalue weighted by molar-refractivity contribution is -0.137. The van der Waals surface area contributed by atoms with Crippen LogP contribution in [0.4, 0.5) is 13.2 Å². The van der Waals surface area contributed by atoms with Gasteiger partial charge in [0.05, 0.1) is 5.56 Å². The summed E-state index contributed by atoms with van der Waals surface area (Å²) in [7, 11) is 0. The molecule has 28 heavy (non-hydrogen) atoms. The van der Waals surface area contributed by atoms with Gasteiger partial charge in [0.1, 0.15) is 18.5 Å². The number of aliphatic hydroxyl groups excluding tert-OH is 1. The van der Waals surface area contributed by atoms with Crippen molar-refractivity contribution in [3.63, 3.8) is 0 Å². The third-order valence-corrected chi connectivity index (χ3v) is 4.79. The van der Waals surface area contributed by atoms with Crippen LogP contribution in [0.5, 0.6) is 5.75 Å². The maximum atomic E-state index is 12.7. The van der Waals surface area contributed by atoms with E-state index in [1.54, 1.807) is 0 Å². The van der Waals surface area contributed by atoms with Gasteiger partial charge in [-0.2, -0.15) is 13.2 Å². The minimum atomic E-state index is -4.45. The summed E-state index contributed by atoms with van der Waals surface area (Å²) in [5.74, 6) is 0.592. The molecule has 1 aliphatic rings. The Morgan fingerprint density at radius 2 is 2.18 bits per heavy atom.